The third-order valence-electron chi connectivity index (χ3n) is 3.67. The molecule has 0 aliphatic heterocycles. The van der Waals surface area contributed by atoms with Gasteiger partial charge in [-0.3, -0.25) is 4.79 Å². The molecule has 0 radical (unpaired) electrons. The molecule has 0 spiro atoms. The molecule has 0 bridgehead atoms. The van der Waals surface area contributed by atoms with Crippen molar-refractivity contribution in [3.05, 3.63) is 84.4 Å². The van der Waals surface area contributed by atoms with E-state index in [9.17, 15) is 13.2 Å². The van der Waals surface area contributed by atoms with E-state index < -0.39 is 15.9 Å². The van der Waals surface area contributed by atoms with Crippen molar-refractivity contribution in [3.63, 3.8) is 0 Å². The number of hydrogen-bond acceptors (Lipinski definition) is 3. The molecule has 0 fully saturated rings. The van der Waals surface area contributed by atoms with Gasteiger partial charge in [-0.1, -0.05) is 48.5 Å². The van der Waals surface area contributed by atoms with E-state index in [0.717, 1.165) is 11.1 Å². The number of sulfonamides is 1. The summed E-state index contributed by atoms with van der Waals surface area (Å²) in [6.07, 6.45) is 0. The minimum Gasteiger partial charge on any atom is -0.322 e. The van der Waals surface area contributed by atoms with Gasteiger partial charge >= 0.3 is 0 Å². The normalized spacial score (nSPS) is 11.1. The predicted molar refractivity (Wildman–Crippen MR) is 97.6 cm³/mol. The fourth-order valence-electron chi connectivity index (χ4n) is 2.39. The summed E-state index contributed by atoms with van der Waals surface area (Å²) in [5.74, 6) is -0.405. The number of hydrogen-bond donors (Lipinski definition) is 2. The highest BCUT2D eigenvalue weighted by Gasteiger charge is 2.12. The highest BCUT2D eigenvalue weighted by Crippen LogP contribution is 2.21. The predicted octanol–water partition coefficient (Wildman–Crippen LogP) is 3.25. The summed E-state index contributed by atoms with van der Waals surface area (Å²) in [5.41, 5.74) is 2.96. The van der Waals surface area contributed by atoms with Crippen LogP contribution in [0.25, 0.3) is 11.1 Å². The molecular weight excluding hydrogens is 336 g/mol. The van der Waals surface area contributed by atoms with Gasteiger partial charge in [0.2, 0.25) is 10.0 Å². The van der Waals surface area contributed by atoms with Crippen LogP contribution in [0.1, 0.15) is 10.4 Å². The lowest BCUT2D eigenvalue weighted by molar-refractivity contribution is 0.102. The molecule has 0 aromatic heterocycles. The summed E-state index contributed by atoms with van der Waals surface area (Å²) in [6, 6.07) is 22.9. The van der Waals surface area contributed by atoms with Crippen LogP contribution in [0.15, 0.2) is 83.8 Å². The lowest BCUT2D eigenvalue weighted by Crippen LogP contribution is -2.15. The Morgan fingerprint density at radius 2 is 1.44 bits per heavy atom. The van der Waals surface area contributed by atoms with E-state index in [2.05, 4.69) is 5.32 Å². The number of rotatable bonds is 4. The van der Waals surface area contributed by atoms with Gasteiger partial charge in [0.25, 0.3) is 5.91 Å². The minimum atomic E-state index is -3.85. The van der Waals surface area contributed by atoms with Gasteiger partial charge in [-0.2, -0.15) is 0 Å². The molecule has 5 nitrogen and oxygen atoms in total. The Morgan fingerprint density at radius 1 is 0.800 bits per heavy atom. The van der Waals surface area contributed by atoms with Gasteiger partial charge in [0.05, 0.1) is 4.90 Å². The summed E-state index contributed by atoms with van der Waals surface area (Å²) in [4.78, 5) is 12.2. The number of primary sulfonamides is 1. The van der Waals surface area contributed by atoms with E-state index in [0.29, 0.717) is 5.69 Å². The third-order valence-corrected chi connectivity index (χ3v) is 4.59. The molecule has 0 aliphatic carbocycles. The molecule has 1 amide bonds. The molecule has 25 heavy (non-hydrogen) atoms. The monoisotopic (exact) mass is 352 g/mol. The van der Waals surface area contributed by atoms with Crippen molar-refractivity contribution in [2.45, 2.75) is 4.90 Å². The van der Waals surface area contributed by atoms with Crippen molar-refractivity contribution in [3.8, 4) is 11.1 Å². The Hall–Kier alpha value is -2.96. The highest BCUT2D eigenvalue weighted by molar-refractivity contribution is 7.89. The van der Waals surface area contributed by atoms with Gasteiger partial charge in [0.1, 0.15) is 0 Å². The smallest absolute Gasteiger partial charge is 0.255 e. The van der Waals surface area contributed by atoms with E-state index in [1.165, 1.54) is 24.3 Å². The number of nitrogens with one attached hydrogen (secondary N) is 1. The zero-order valence-corrected chi connectivity index (χ0v) is 14.0. The van der Waals surface area contributed by atoms with Crippen LogP contribution in [-0.2, 0) is 10.0 Å². The maximum atomic E-state index is 12.3. The Morgan fingerprint density at radius 3 is 2.08 bits per heavy atom. The van der Waals surface area contributed by atoms with Crippen molar-refractivity contribution < 1.29 is 13.2 Å². The molecule has 3 aromatic carbocycles. The molecule has 6 heteroatoms. The van der Waals surface area contributed by atoms with E-state index in [4.69, 9.17) is 5.14 Å². The van der Waals surface area contributed by atoms with Crippen LogP contribution < -0.4 is 10.5 Å². The second-order valence-electron chi connectivity index (χ2n) is 5.47. The van der Waals surface area contributed by atoms with Crippen molar-refractivity contribution in [2.75, 3.05) is 5.32 Å². The SMILES string of the molecule is NS(=O)(=O)c1cccc(C(=O)Nc2ccc(-c3ccccc3)cc2)c1. The number of amides is 1. The van der Waals surface area contributed by atoms with Crippen LogP contribution in [0.5, 0.6) is 0 Å². The Labute approximate surface area is 146 Å². The zero-order chi connectivity index (χ0) is 17.9. The van der Waals surface area contributed by atoms with Gasteiger partial charge in [-0.25, -0.2) is 13.6 Å². The minimum absolute atomic E-state index is 0.0976. The summed E-state index contributed by atoms with van der Waals surface area (Å²) in [6.45, 7) is 0. The maximum Gasteiger partial charge on any atom is 0.255 e. The number of nitrogens with two attached hydrogens (primary N) is 1. The lowest BCUT2D eigenvalue weighted by Gasteiger charge is -2.08. The topological polar surface area (TPSA) is 89.3 Å². The van der Waals surface area contributed by atoms with Crippen molar-refractivity contribution in [2.24, 2.45) is 5.14 Å². The van der Waals surface area contributed by atoms with E-state index in [1.807, 2.05) is 42.5 Å². The number of carbonyl (C=O) groups excluding carboxylic acids is 1. The van der Waals surface area contributed by atoms with Gasteiger partial charge in [-0.05, 0) is 41.5 Å². The first kappa shape index (κ1) is 16.9. The number of benzene rings is 3. The lowest BCUT2D eigenvalue weighted by atomic mass is 10.1. The molecule has 3 N–H and O–H groups in total. The third kappa shape index (κ3) is 4.12. The van der Waals surface area contributed by atoms with Crippen molar-refractivity contribution in [1.82, 2.24) is 0 Å². The van der Waals surface area contributed by atoms with Gasteiger partial charge in [0, 0.05) is 11.3 Å². The first-order valence-electron chi connectivity index (χ1n) is 7.53. The van der Waals surface area contributed by atoms with E-state index in [1.54, 1.807) is 12.1 Å². The first-order valence-corrected chi connectivity index (χ1v) is 9.08. The van der Waals surface area contributed by atoms with Crippen LogP contribution in [0.3, 0.4) is 0 Å². The molecule has 0 saturated heterocycles. The Balaban J connectivity index is 1.78. The number of anilines is 1. The molecule has 3 rings (SSSR count). The summed E-state index contributed by atoms with van der Waals surface area (Å²) in [7, 11) is -3.85. The standard InChI is InChI=1S/C19H16N2O3S/c20-25(23,24)18-8-4-7-16(13-18)19(22)21-17-11-9-15(10-12-17)14-5-2-1-3-6-14/h1-13H,(H,21,22)(H2,20,23,24). The molecule has 3 aromatic rings. The fraction of sp³-hybridized carbons (Fsp3) is 0. The van der Waals surface area contributed by atoms with Crippen molar-refractivity contribution >= 4 is 21.6 Å². The fourth-order valence-corrected chi connectivity index (χ4v) is 2.95. The van der Waals surface area contributed by atoms with Crippen molar-refractivity contribution in [1.29, 1.82) is 0 Å². The van der Waals surface area contributed by atoms with Gasteiger partial charge in [0.15, 0.2) is 0 Å². The molecule has 0 saturated carbocycles. The zero-order valence-electron chi connectivity index (χ0n) is 13.2. The average molecular weight is 352 g/mol. The maximum absolute atomic E-state index is 12.3. The first-order chi connectivity index (χ1) is 11.9. The molecular formula is C19H16N2O3S. The van der Waals surface area contributed by atoms with Crippen LogP contribution >= 0.6 is 0 Å². The van der Waals surface area contributed by atoms with Gasteiger partial charge < -0.3 is 5.32 Å². The summed E-state index contributed by atoms with van der Waals surface area (Å²) >= 11 is 0. The Kier molecular flexibility index (Phi) is 4.65. The molecule has 0 unspecified atom stereocenters. The second-order valence-corrected chi connectivity index (χ2v) is 7.03. The largest absolute Gasteiger partial charge is 0.322 e. The number of carbonyl (C=O) groups is 1. The van der Waals surface area contributed by atoms with Crippen LogP contribution in [0.4, 0.5) is 5.69 Å². The quantitative estimate of drug-likeness (QED) is 0.755. The van der Waals surface area contributed by atoms with Crippen LogP contribution in [-0.4, -0.2) is 14.3 Å². The van der Waals surface area contributed by atoms with E-state index >= 15 is 0 Å². The average Bonchev–Trinajstić information content (AvgIpc) is 2.62. The second kappa shape index (κ2) is 6.88. The summed E-state index contributed by atoms with van der Waals surface area (Å²) < 4.78 is 22.8. The van der Waals surface area contributed by atoms with Crippen LogP contribution in [0, 0.1) is 0 Å². The van der Waals surface area contributed by atoms with Crippen LogP contribution in [0.2, 0.25) is 0 Å². The van der Waals surface area contributed by atoms with Gasteiger partial charge in [-0.15, -0.1) is 0 Å². The summed E-state index contributed by atoms with van der Waals surface area (Å²) in [5, 5.41) is 7.83. The highest BCUT2D eigenvalue weighted by atomic mass is 32.2. The Bertz CT molecular complexity index is 998. The molecule has 0 heterocycles. The molecule has 0 aliphatic rings. The molecule has 126 valence electrons. The molecule has 0 atom stereocenters. The van der Waals surface area contributed by atoms with E-state index in [-0.39, 0.29) is 10.5 Å².